The van der Waals surface area contributed by atoms with Gasteiger partial charge in [0.25, 0.3) is 0 Å². The third-order valence-corrected chi connectivity index (χ3v) is 7.78. The lowest BCUT2D eigenvalue weighted by molar-refractivity contribution is -0.0542. The van der Waals surface area contributed by atoms with Crippen LogP contribution in [0.4, 0.5) is 5.82 Å². The van der Waals surface area contributed by atoms with Crippen LogP contribution in [0.5, 0.6) is 0 Å². The number of nitrogens with zero attached hydrogens (tertiary/aromatic N) is 2. The number of phosphoric ester groups is 1. The van der Waals surface area contributed by atoms with Gasteiger partial charge in [0.1, 0.15) is 24.1 Å². The molecule has 1 aliphatic heterocycles. The summed E-state index contributed by atoms with van der Waals surface area (Å²) in [5.74, 6) is -0.159. The summed E-state index contributed by atoms with van der Waals surface area (Å²) in [5, 5.41) is 20.1. The Morgan fingerprint density at radius 3 is 2.30 bits per heavy atom. The van der Waals surface area contributed by atoms with Gasteiger partial charge in [-0.2, -0.15) is 13.6 Å². The summed E-state index contributed by atoms with van der Waals surface area (Å²) in [7, 11) is -16.8. The Balaban J connectivity index is 2.09. The first-order valence-corrected chi connectivity index (χ1v) is 12.7. The van der Waals surface area contributed by atoms with Gasteiger partial charge in [-0.1, -0.05) is 0 Å². The molecule has 3 unspecified atom stereocenters. The first-order chi connectivity index (χ1) is 13.5. The number of aliphatic hydroxyl groups is 2. The maximum atomic E-state index is 11.9. The van der Waals surface area contributed by atoms with Crippen LogP contribution < -0.4 is 11.4 Å². The van der Waals surface area contributed by atoms with Gasteiger partial charge in [-0.25, -0.2) is 18.5 Å². The molecule has 0 aromatic carbocycles. The van der Waals surface area contributed by atoms with E-state index in [0.29, 0.717) is 0 Å². The first-order valence-electron chi connectivity index (χ1n) is 7.35. The lowest BCUT2D eigenvalue weighted by Crippen LogP contribution is -2.36. The van der Waals surface area contributed by atoms with Crippen molar-refractivity contribution in [3.05, 3.63) is 21.2 Å². The summed E-state index contributed by atoms with van der Waals surface area (Å²) in [6.07, 6.45) is -5.49. The van der Waals surface area contributed by atoms with Gasteiger partial charge in [-0.05, 0) is 15.9 Å². The Hall–Kier alpha value is -0.550. The zero-order valence-electron chi connectivity index (χ0n) is 14.2. The van der Waals surface area contributed by atoms with Gasteiger partial charge in [-0.3, -0.25) is 9.09 Å². The summed E-state index contributed by atoms with van der Waals surface area (Å²) < 4.78 is 51.1. The molecular weight excluding hydrogens is 547 g/mol. The molecule has 6 atom stereocenters. The average Bonchev–Trinajstić information content (AvgIpc) is 2.81. The van der Waals surface area contributed by atoms with Crippen molar-refractivity contribution in [3.63, 3.8) is 0 Å². The van der Waals surface area contributed by atoms with Gasteiger partial charge < -0.3 is 40.3 Å². The molecule has 0 radical (unpaired) electrons. The quantitative estimate of drug-likeness (QED) is 0.179. The van der Waals surface area contributed by atoms with Crippen molar-refractivity contribution in [2.24, 2.45) is 0 Å². The second-order valence-electron chi connectivity index (χ2n) is 5.60. The zero-order valence-corrected chi connectivity index (χ0v) is 18.5. The molecule has 21 heteroatoms. The van der Waals surface area contributed by atoms with Crippen LogP contribution in [0.3, 0.4) is 0 Å². The lowest BCUT2D eigenvalue weighted by Gasteiger charge is -2.19. The van der Waals surface area contributed by atoms with Crippen LogP contribution in [0, 0.1) is 0 Å². The first kappa shape index (κ1) is 25.7. The van der Waals surface area contributed by atoms with E-state index in [2.05, 4.69) is 34.1 Å². The smallest absolute Gasteiger partial charge is 0.387 e. The van der Waals surface area contributed by atoms with Gasteiger partial charge in [0.15, 0.2) is 6.23 Å². The molecule has 0 spiro atoms. The fourth-order valence-electron chi connectivity index (χ4n) is 2.21. The molecule has 1 aromatic rings. The summed E-state index contributed by atoms with van der Waals surface area (Å²) in [4.78, 5) is 50.8. The van der Waals surface area contributed by atoms with E-state index in [1.165, 1.54) is 0 Å². The van der Waals surface area contributed by atoms with Crippen molar-refractivity contribution in [1.29, 1.82) is 0 Å². The van der Waals surface area contributed by atoms with Gasteiger partial charge in [0.05, 0.1) is 11.1 Å². The molecule has 8 N–H and O–H groups in total. The van der Waals surface area contributed by atoms with E-state index in [0.717, 1.165) is 10.8 Å². The molecule has 0 bridgehead atoms. The van der Waals surface area contributed by atoms with Crippen LogP contribution in [0.2, 0.25) is 0 Å². The fraction of sp³-hybridized carbons (Fsp3) is 0.556. The number of hydrogen-bond acceptors (Lipinski definition) is 12. The number of anilines is 1. The molecule has 30 heavy (non-hydrogen) atoms. The number of aliphatic hydroxyl groups excluding tert-OH is 2. The van der Waals surface area contributed by atoms with Crippen LogP contribution in [0.15, 0.2) is 15.5 Å². The Kier molecular flexibility index (Phi) is 7.83. The van der Waals surface area contributed by atoms with Gasteiger partial charge in [0.2, 0.25) is 0 Å². The number of nitrogens with two attached hydrogens (primary N) is 1. The molecule has 1 aromatic heterocycles. The van der Waals surface area contributed by atoms with Gasteiger partial charge in [0, 0.05) is 6.20 Å². The zero-order chi connectivity index (χ0) is 23.1. The molecule has 2 heterocycles. The Morgan fingerprint density at radius 2 is 1.73 bits per heavy atom. The lowest BCUT2D eigenvalue weighted by atomic mass is 10.1. The third-order valence-electron chi connectivity index (χ3n) is 3.36. The number of hydrogen-bond donors (Lipinski definition) is 7. The SMILES string of the molecule is Nc1nc(=O)n([C@@H]2O[C@H](COP(=O)(O)OP(=O)(O)OP(=O)(O)O)[C@H](O)C2O)cc1Br. The molecule has 1 aliphatic rings. The van der Waals surface area contributed by atoms with E-state index >= 15 is 0 Å². The van der Waals surface area contributed by atoms with Crippen LogP contribution in [-0.2, 0) is 31.6 Å². The van der Waals surface area contributed by atoms with Crippen LogP contribution in [0.25, 0.3) is 0 Å². The summed E-state index contributed by atoms with van der Waals surface area (Å²) in [6, 6.07) is 0. The number of ether oxygens (including phenoxy) is 1. The van der Waals surface area contributed by atoms with Gasteiger partial charge in [-0.15, -0.1) is 0 Å². The minimum atomic E-state index is -5.73. The minimum absolute atomic E-state index is 0.157. The molecule has 2 rings (SSSR count). The van der Waals surface area contributed by atoms with Crippen molar-refractivity contribution in [2.45, 2.75) is 24.5 Å². The highest BCUT2D eigenvalue weighted by Crippen LogP contribution is 2.66. The molecular formula is C9H15BrN3O14P3. The largest absolute Gasteiger partial charge is 0.490 e. The predicted octanol–water partition coefficient (Wildman–Crippen LogP) is -1.45. The highest BCUT2D eigenvalue weighted by atomic mass is 79.9. The van der Waals surface area contributed by atoms with Gasteiger partial charge >= 0.3 is 29.2 Å². The molecule has 0 aliphatic carbocycles. The Morgan fingerprint density at radius 1 is 1.13 bits per heavy atom. The average molecular weight is 562 g/mol. The number of rotatable bonds is 8. The molecule has 0 saturated carbocycles. The Bertz CT molecular complexity index is 997. The summed E-state index contributed by atoms with van der Waals surface area (Å²) in [5.41, 5.74) is 4.48. The highest BCUT2D eigenvalue weighted by Gasteiger charge is 2.46. The van der Waals surface area contributed by atoms with Crippen LogP contribution in [0.1, 0.15) is 6.23 Å². The third kappa shape index (κ3) is 6.72. The maximum Gasteiger partial charge on any atom is 0.490 e. The fourth-order valence-corrected chi connectivity index (χ4v) is 5.55. The van der Waals surface area contributed by atoms with Crippen molar-refractivity contribution in [2.75, 3.05) is 12.3 Å². The monoisotopic (exact) mass is 561 g/mol. The standard InChI is InChI=1S/C9H15BrN3O14P3/c10-3-1-13(9(16)12-7(3)11)8-6(15)5(14)4(25-8)2-24-29(20,21)27-30(22,23)26-28(17,18)19/h1,4-6,8,14-15H,2H2,(H,20,21)(H,22,23)(H2,11,12,16)(H2,17,18,19)/t4-,5+,6?,8-/m1/s1. The van der Waals surface area contributed by atoms with E-state index in [1.54, 1.807) is 0 Å². The molecule has 17 nitrogen and oxygen atoms in total. The van der Waals surface area contributed by atoms with Crippen LogP contribution >= 0.6 is 39.4 Å². The van der Waals surface area contributed by atoms with E-state index in [-0.39, 0.29) is 10.3 Å². The number of phosphoric acid groups is 3. The Labute approximate surface area is 174 Å². The van der Waals surface area contributed by atoms with Crippen molar-refractivity contribution in [3.8, 4) is 0 Å². The minimum Gasteiger partial charge on any atom is -0.387 e. The van der Waals surface area contributed by atoms with E-state index < -0.39 is 60.3 Å². The summed E-state index contributed by atoms with van der Waals surface area (Å²) in [6.45, 7) is -1.03. The predicted molar refractivity (Wildman–Crippen MR) is 96.3 cm³/mol. The van der Waals surface area contributed by atoms with E-state index in [4.69, 9.17) is 25.2 Å². The molecule has 1 fully saturated rings. The van der Waals surface area contributed by atoms with E-state index in [9.17, 15) is 33.6 Å². The van der Waals surface area contributed by atoms with E-state index in [1.807, 2.05) is 0 Å². The van der Waals surface area contributed by atoms with Crippen LogP contribution in [-0.4, -0.2) is 64.3 Å². The highest BCUT2D eigenvalue weighted by molar-refractivity contribution is 9.10. The second kappa shape index (κ2) is 9.13. The number of aromatic nitrogens is 2. The topological polar surface area (TPSA) is 270 Å². The number of nitrogen functional groups attached to an aromatic ring is 1. The maximum absolute atomic E-state index is 11.9. The van der Waals surface area contributed by atoms with Crippen molar-refractivity contribution >= 4 is 45.2 Å². The number of halogens is 1. The van der Waals surface area contributed by atoms with Crippen molar-refractivity contribution in [1.82, 2.24) is 9.55 Å². The van der Waals surface area contributed by atoms with Crippen molar-refractivity contribution < 1.29 is 61.4 Å². The summed E-state index contributed by atoms with van der Waals surface area (Å²) >= 11 is 3.01. The molecule has 172 valence electrons. The molecule has 1 saturated heterocycles. The second-order valence-corrected chi connectivity index (χ2v) is 10.9. The molecule has 0 amide bonds. The normalized spacial score (nSPS) is 28.8.